The Labute approximate surface area is 91.6 Å². The highest BCUT2D eigenvalue weighted by Crippen LogP contribution is 2.71. The molecule has 1 aromatic rings. The van der Waals surface area contributed by atoms with Crippen LogP contribution in [-0.4, -0.2) is 23.5 Å². The third-order valence-electron chi connectivity index (χ3n) is 3.60. The molecule has 1 heterocycles. The van der Waals surface area contributed by atoms with Crippen molar-refractivity contribution >= 4 is 15.9 Å². The van der Waals surface area contributed by atoms with E-state index in [1.807, 2.05) is 6.20 Å². The smallest absolute Gasteiger partial charge is 0.0646 e. The predicted molar refractivity (Wildman–Crippen MR) is 56.1 cm³/mol. The van der Waals surface area contributed by atoms with Gasteiger partial charge in [-0.3, -0.25) is 4.68 Å². The third kappa shape index (κ3) is 0.984. The van der Waals surface area contributed by atoms with Crippen LogP contribution >= 0.6 is 15.9 Å². The Morgan fingerprint density at radius 1 is 1.57 bits per heavy atom. The molecule has 0 N–H and O–H groups in total. The van der Waals surface area contributed by atoms with Gasteiger partial charge in [-0.25, -0.2) is 0 Å². The van der Waals surface area contributed by atoms with E-state index >= 15 is 0 Å². The van der Waals surface area contributed by atoms with Crippen LogP contribution in [0.3, 0.4) is 0 Å². The van der Waals surface area contributed by atoms with Crippen molar-refractivity contribution in [2.45, 2.75) is 24.8 Å². The fourth-order valence-electron chi connectivity index (χ4n) is 3.20. The zero-order chi connectivity index (χ0) is 9.81. The third-order valence-corrected chi connectivity index (χ3v) is 4.01. The van der Waals surface area contributed by atoms with Crippen LogP contribution in [-0.2, 0) is 10.3 Å². The topological polar surface area (TPSA) is 27.1 Å². The SMILES string of the molecule is COCC12CC(n3cc(Br)cn3)(C1)C2. The van der Waals surface area contributed by atoms with E-state index in [0.717, 1.165) is 11.1 Å². The lowest BCUT2D eigenvalue weighted by atomic mass is 9.39. The minimum atomic E-state index is 0.338. The lowest BCUT2D eigenvalue weighted by Crippen LogP contribution is -2.69. The van der Waals surface area contributed by atoms with E-state index in [-0.39, 0.29) is 0 Å². The molecule has 14 heavy (non-hydrogen) atoms. The number of rotatable bonds is 3. The predicted octanol–water partition coefficient (Wildman–Crippen LogP) is 2.17. The molecule has 3 aliphatic rings. The van der Waals surface area contributed by atoms with Crippen molar-refractivity contribution in [3.63, 3.8) is 0 Å². The highest BCUT2D eigenvalue weighted by molar-refractivity contribution is 9.10. The highest BCUT2D eigenvalue weighted by atomic mass is 79.9. The molecule has 0 atom stereocenters. The standard InChI is InChI=1S/C10H13BrN2O/c1-14-7-9-4-10(5-9,6-9)13-3-8(11)2-12-13/h2-3H,4-7H2,1H3. The Balaban J connectivity index is 1.75. The summed E-state index contributed by atoms with van der Waals surface area (Å²) >= 11 is 3.43. The Morgan fingerprint density at radius 2 is 2.29 bits per heavy atom. The number of nitrogens with zero attached hydrogens (tertiary/aromatic N) is 2. The van der Waals surface area contributed by atoms with Crippen LogP contribution in [0.1, 0.15) is 19.3 Å². The number of aromatic nitrogens is 2. The van der Waals surface area contributed by atoms with E-state index in [0.29, 0.717) is 11.0 Å². The van der Waals surface area contributed by atoms with Crippen molar-refractivity contribution in [1.82, 2.24) is 9.78 Å². The van der Waals surface area contributed by atoms with E-state index in [2.05, 4.69) is 31.9 Å². The van der Waals surface area contributed by atoms with Gasteiger partial charge in [0.25, 0.3) is 0 Å². The van der Waals surface area contributed by atoms with Gasteiger partial charge in [-0.05, 0) is 35.2 Å². The summed E-state index contributed by atoms with van der Waals surface area (Å²) in [5.74, 6) is 0. The molecule has 0 unspecified atom stereocenters. The lowest BCUT2D eigenvalue weighted by Gasteiger charge is -2.70. The van der Waals surface area contributed by atoms with E-state index < -0.39 is 0 Å². The van der Waals surface area contributed by atoms with Crippen LogP contribution in [0.25, 0.3) is 0 Å². The van der Waals surface area contributed by atoms with Crippen molar-refractivity contribution in [1.29, 1.82) is 0 Å². The van der Waals surface area contributed by atoms with Gasteiger partial charge in [0, 0.05) is 18.7 Å². The fraction of sp³-hybridized carbons (Fsp3) is 0.700. The molecular formula is C10H13BrN2O. The van der Waals surface area contributed by atoms with Gasteiger partial charge in [-0.1, -0.05) is 0 Å². The van der Waals surface area contributed by atoms with E-state index in [1.54, 1.807) is 7.11 Å². The van der Waals surface area contributed by atoms with Gasteiger partial charge in [0.05, 0.1) is 22.8 Å². The number of methoxy groups -OCH3 is 1. The normalized spacial score (nSPS) is 39.0. The first kappa shape index (κ1) is 8.92. The minimum absolute atomic E-state index is 0.338. The van der Waals surface area contributed by atoms with Crippen molar-refractivity contribution in [2.75, 3.05) is 13.7 Å². The van der Waals surface area contributed by atoms with Crippen molar-refractivity contribution in [3.05, 3.63) is 16.9 Å². The van der Waals surface area contributed by atoms with Crippen molar-refractivity contribution < 1.29 is 4.74 Å². The molecule has 3 saturated carbocycles. The first-order chi connectivity index (χ1) is 6.68. The van der Waals surface area contributed by atoms with E-state index in [1.165, 1.54) is 19.3 Å². The van der Waals surface area contributed by atoms with Gasteiger partial charge >= 0.3 is 0 Å². The molecule has 0 amide bonds. The fourth-order valence-corrected chi connectivity index (χ4v) is 3.49. The molecule has 3 aliphatic carbocycles. The lowest BCUT2D eigenvalue weighted by molar-refractivity contribution is -0.217. The molecule has 0 aliphatic heterocycles. The maximum Gasteiger partial charge on any atom is 0.0646 e. The zero-order valence-corrected chi connectivity index (χ0v) is 9.75. The zero-order valence-electron chi connectivity index (χ0n) is 8.16. The van der Waals surface area contributed by atoms with Crippen LogP contribution < -0.4 is 0 Å². The minimum Gasteiger partial charge on any atom is -0.384 e. The molecule has 4 rings (SSSR count). The summed E-state index contributed by atoms with van der Waals surface area (Å²) in [5, 5.41) is 4.37. The van der Waals surface area contributed by atoms with Crippen molar-refractivity contribution in [2.24, 2.45) is 5.41 Å². The second-order valence-corrected chi connectivity index (χ2v) is 5.71. The maximum absolute atomic E-state index is 5.23. The van der Waals surface area contributed by atoms with Crippen LogP contribution in [0, 0.1) is 5.41 Å². The van der Waals surface area contributed by atoms with E-state index in [9.17, 15) is 0 Å². The highest BCUT2D eigenvalue weighted by Gasteiger charge is 2.69. The van der Waals surface area contributed by atoms with Crippen LogP contribution in [0.4, 0.5) is 0 Å². The monoisotopic (exact) mass is 256 g/mol. The summed E-state index contributed by atoms with van der Waals surface area (Å²) in [6, 6.07) is 0. The van der Waals surface area contributed by atoms with Gasteiger partial charge in [0.2, 0.25) is 0 Å². The molecule has 0 aromatic carbocycles. The quantitative estimate of drug-likeness (QED) is 0.829. The van der Waals surface area contributed by atoms with Crippen LogP contribution in [0.15, 0.2) is 16.9 Å². The average molecular weight is 257 g/mol. The molecule has 1 aromatic heterocycles. The molecular weight excluding hydrogens is 244 g/mol. The van der Waals surface area contributed by atoms with Gasteiger partial charge in [-0.2, -0.15) is 5.10 Å². The largest absolute Gasteiger partial charge is 0.384 e. The average Bonchev–Trinajstić information content (AvgIpc) is 2.41. The number of ether oxygens (including phenoxy) is 1. The molecule has 2 bridgehead atoms. The van der Waals surface area contributed by atoms with Gasteiger partial charge < -0.3 is 4.74 Å². The summed E-state index contributed by atoms with van der Waals surface area (Å²) < 4.78 is 8.43. The van der Waals surface area contributed by atoms with E-state index in [4.69, 9.17) is 4.74 Å². The molecule has 3 nitrogen and oxygen atoms in total. The Kier molecular flexibility index (Phi) is 1.66. The second-order valence-electron chi connectivity index (χ2n) is 4.79. The Hall–Kier alpha value is -0.350. The summed E-state index contributed by atoms with van der Waals surface area (Å²) in [7, 11) is 1.79. The van der Waals surface area contributed by atoms with Crippen molar-refractivity contribution in [3.8, 4) is 0 Å². The summed E-state index contributed by atoms with van der Waals surface area (Å²) in [5.41, 5.74) is 0.831. The molecule has 4 heteroatoms. The van der Waals surface area contributed by atoms with Crippen LogP contribution in [0.5, 0.6) is 0 Å². The summed E-state index contributed by atoms with van der Waals surface area (Å²) in [6.07, 6.45) is 7.66. The Bertz CT molecular complexity index is 354. The number of hydrogen-bond donors (Lipinski definition) is 0. The molecule has 0 saturated heterocycles. The van der Waals surface area contributed by atoms with Gasteiger partial charge in [0.15, 0.2) is 0 Å². The first-order valence-electron chi connectivity index (χ1n) is 4.88. The van der Waals surface area contributed by atoms with Gasteiger partial charge in [0.1, 0.15) is 0 Å². The summed E-state index contributed by atoms with van der Waals surface area (Å²) in [6.45, 7) is 0.914. The number of halogens is 1. The summed E-state index contributed by atoms with van der Waals surface area (Å²) in [4.78, 5) is 0. The maximum atomic E-state index is 5.23. The molecule has 0 spiro atoms. The van der Waals surface area contributed by atoms with Gasteiger partial charge in [-0.15, -0.1) is 0 Å². The first-order valence-corrected chi connectivity index (χ1v) is 5.67. The van der Waals surface area contributed by atoms with Crippen LogP contribution in [0.2, 0.25) is 0 Å². The molecule has 0 radical (unpaired) electrons. The Morgan fingerprint density at radius 3 is 2.79 bits per heavy atom. The number of hydrogen-bond acceptors (Lipinski definition) is 2. The molecule has 76 valence electrons. The second kappa shape index (κ2) is 2.61. The molecule has 3 fully saturated rings.